The number of carbonyl (C=O) groups is 1. The van der Waals surface area contributed by atoms with E-state index < -0.39 is 0 Å². The van der Waals surface area contributed by atoms with Gasteiger partial charge in [-0.2, -0.15) is 0 Å². The van der Waals surface area contributed by atoms with E-state index in [2.05, 4.69) is 19.2 Å². The maximum absolute atomic E-state index is 12.2. The molecular formula is C14H21NO. The van der Waals surface area contributed by atoms with E-state index in [0.717, 1.165) is 31.4 Å². The molecule has 0 bridgehead atoms. The van der Waals surface area contributed by atoms with Crippen LogP contribution in [0.4, 0.5) is 0 Å². The molecule has 0 heterocycles. The van der Waals surface area contributed by atoms with Crippen LogP contribution in [0.3, 0.4) is 0 Å². The lowest BCUT2D eigenvalue weighted by atomic mass is 10.0. The number of benzene rings is 1. The second-order valence-corrected chi connectivity index (χ2v) is 4.03. The lowest BCUT2D eigenvalue weighted by Crippen LogP contribution is -2.37. The maximum Gasteiger partial charge on any atom is 0.179 e. The molecule has 1 rings (SSSR count). The van der Waals surface area contributed by atoms with Gasteiger partial charge in [-0.05, 0) is 19.4 Å². The molecule has 1 N–H and O–H groups in total. The van der Waals surface area contributed by atoms with Crippen LogP contribution in [0.5, 0.6) is 0 Å². The largest absolute Gasteiger partial charge is 0.307 e. The van der Waals surface area contributed by atoms with Crippen LogP contribution in [-0.2, 0) is 0 Å². The van der Waals surface area contributed by atoms with Crippen molar-refractivity contribution >= 4 is 5.78 Å². The molecule has 0 aliphatic carbocycles. The van der Waals surface area contributed by atoms with Gasteiger partial charge in [0.05, 0.1) is 6.04 Å². The minimum atomic E-state index is -0.0210. The highest BCUT2D eigenvalue weighted by Gasteiger charge is 2.17. The Balaban J connectivity index is 2.67. The van der Waals surface area contributed by atoms with Crippen LogP contribution in [0.25, 0.3) is 0 Å². The van der Waals surface area contributed by atoms with Crippen molar-refractivity contribution in [3.8, 4) is 0 Å². The number of nitrogens with one attached hydrogen (secondary N) is 1. The number of carbonyl (C=O) groups excluding carboxylic acids is 1. The van der Waals surface area contributed by atoms with Gasteiger partial charge in [0, 0.05) is 5.56 Å². The first kappa shape index (κ1) is 12.9. The highest BCUT2D eigenvalue weighted by atomic mass is 16.1. The number of hydrogen-bond acceptors (Lipinski definition) is 2. The first-order valence-electron chi connectivity index (χ1n) is 6.12. The highest BCUT2D eigenvalue weighted by molar-refractivity contribution is 6.00. The van der Waals surface area contributed by atoms with E-state index in [-0.39, 0.29) is 11.8 Å². The molecule has 1 atom stereocenters. The van der Waals surface area contributed by atoms with Crippen LogP contribution in [0, 0.1) is 0 Å². The number of ketones is 1. The fraction of sp³-hybridized carbons (Fsp3) is 0.500. The zero-order chi connectivity index (χ0) is 11.8. The van der Waals surface area contributed by atoms with Gasteiger partial charge in [-0.15, -0.1) is 0 Å². The number of rotatable bonds is 7. The van der Waals surface area contributed by atoms with Crippen LogP contribution in [0.15, 0.2) is 30.3 Å². The van der Waals surface area contributed by atoms with E-state index in [9.17, 15) is 4.79 Å². The van der Waals surface area contributed by atoms with E-state index in [1.54, 1.807) is 0 Å². The van der Waals surface area contributed by atoms with Gasteiger partial charge < -0.3 is 5.32 Å². The third kappa shape index (κ3) is 3.78. The van der Waals surface area contributed by atoms with Crippen molar-refractivity contribution in [2.75, 3.05) is 6.54 Å². The Morgan fingerprint density at radius 1 is 1.19 bits per heavy atom. The molecule has 1 aromatic carbocycles. The van der Waals surface area contributed by atoms with Crippen LogP contribution >= 0.6 is 0 Å². The second-order valence-electron chi connectivity index (χ2n) is 4.03. The lowest BCUT2D eigenvalue weighted by molar-refractivity contribution is 0.0937. The van der Waals surface area contributed by atoms with Gasteiger partial charge in [-0.1, -0.05) is 50.6 Å². The monoisotopic (exact) mass is 219 g/mol. The normalized spacial score (nSPS) is 12.4. The third-order valence-corrected chi connectivity index (χ3v) is 2.59. The zero-order valence-corrected chi connectivity index (χ0v) is 10.2. The fourth-order valence-electron chi connectivity index (χ4n) is 1.74. The molecule has 0 saturated heterocycles. The van der Waals surface area contributed by atoms with Gasteiger partial charge in [0.1, 0.15) is 0 Å². The Morgan fingerprint density at radius 3 is 2.44 bits per heavy atom. The van der Waals surface area contributed by atoms with Crippen molar-refractivity contribution in [3.05, 3.63) is 35.9 Å². The van der Waals surface area contributed by atoms with E-state index in [4.69, 9.17) is 0 Å². The minimum absolute atomic E-state index is 0.0210. The molecule has 0 aliphatic rings. The van der Waals surface area contributed by atoms with Gasteiger partial charge in [-0.3, -0.25) is 4.79 Å². The summed E-state index contributed by atoms with van der Waals surface area (Å²) < 4.78 is 0. The van der Waals surface area contributed by atoms with Crippen LogP contribution in [0.2, 0.25) is 0 Å². The number of hydrogen-bond donors (Lipinski definition) is 1. The van der Waals surface area contributed by atoms with Gasteiger partial charge in [0.15, 0.2) is 5.78 Å². The van der Waals surface area contributed by atoms with Gasteiger partial charge >= 0.3 is 0 Å². The van der Waals surface area contributed by atoms with Crippen LogP contribution in [0.1, 0.15) is 43.5 Å². The summed E-state index contributed by atoms with van der Waals surface area (Å²) in [6.07, 6.45) is 3.00. The standard InChI is InChI=1S/C14H21NO/c1-3-8-13(15-11-4-2)14(16)12-9-6-5-7-10-12/h5-7,9-10,13,15H,3-4,8,11H2,1-2H3/t13-/m0/s1. The van der Waals surface area contributed by atoms with Crippen LogP contribution < -0.4 is 5.32 Å². The van der Waals surface area contributed by atoms with Gasteiger partial charge in [0.2, 0.25) is 0 Å². The molecule has 0 saturated carbocycles. The molecule has 0 radical (unpaired) electrons. The smallest absolute Gasteiger partial charge is 0.179 e. The molecule has 0 fully saturated rings. The van der Waals surface area contributed by atoms with E-state index in [1.165, 1.54) is 0 Å². The Labute approximate surface area is 98.1 Å². The highest BCUT2D eigenvalue weighted by Crippen LogP contribution is 2.07. The molecule has 2 heteroatoms. The maximum atomic E-state index is 12.2. The fourth-order valence-corrected chi connectivity index (χ4v) is 1.74. The SMILES string of the molecule is CCCN[C@@H](CCC)C(=O)c1ccccc1. The predicted octanol–water partition coefficient (Wildman–Crippen LogP) is 3.04. The Kier molecular flexibility index (Phi) is 5.79. The Morgan fingerprint density at radius 2 is 1.88 bits per heavy atom. The summed E-state index contributed by atoms with van der Waals surface area (Å²) >= 11 is 0. The molecule has 0 aliphatic heterocycles. The summed E-state index contributed by atoms with van der Waals surface area (Å²) in [5.41, 5.74) is 0.810. The van der Waals surface area contributed by atoms with Crippen molar-refractivity contribution in [2.45, 2.75) is 39.2 Å². The van der Waals surface area contributed by atoms with E-state index in [1.807, 2.05) is 30.3 Å². The lowest BCUT2D eigenvalue weighted by Gasteiger charge is -2.16. The molecular weight excluding hydrogens is 198 g/mol. The average Bonchev–Trinajstić information content (AvgIpc) is 2.35. The summed E-state index contributed by atoms with van der Waals surface area (Å²) in [5.74, 6) is 0.218. The molecule has 0 amide bonds. The van der Waals surface area contributed by atoms with Gasteiger partial charge in [0.25, 0.3) is 0 Å². The van der Waals surface area contributed by atoms with Crippen molar-refractivity contribution < 1.29 is 4.79 Å². The zero-order valence-electron chi connectivity index (χ0n) is 10.2. The minimum Gasteiger partial charge on any atom is -0.307 e. The molecule has 2 nitrogen and oxygen atoms in total. The average molecular weight is 219 g/mol. The summed E-state index contributed by atoms with van der Waals surface area (Å²) in [6.45, 7) is 5.13. The molecule has 0 unspecified atom stereocenters. The van der Waals surface area contributed by atoms with Crippen molar-refractivity contribution in [2.24, 2.45) is 0 Å². The first-order valence-corrected chi connectivity index (χ1v) is 6.12. The second kappa shape index (κ2) is 7.18. The molecule has 16 heavy (non-hydrogen) atoms. The Hall–Kier alpha value is -1.15. The summed E-state index contributed by atoms with van der Waals surface area (Å²) in [4.78, 5) is 12.2. The van der Waals surface area contributed by atoms with E-state index >= 15 is 0 Å². The first-order chi connectivity index (χ1) is 7.79. The summed E-state index contributed by atoms with van der Waals surface area (Å²) in [7, 11) is 0. The van der Waals surface area contributed by atoms with Crippen molar-refractivity contribution in [3.63, 3.8) is 0 Å². The molecule has 0 aromatic heterocycles. The quantitative estimate of drug-likeness (QED) is 0.714. The summed E-state index contributed by atoms with van der Waals surface area (Å²) in [6, 6.07) is 9.52. The van der Waals surface area contributed by atoms with Crippen molar-refractivity contribution in [1.29, 1.82) is 0 Å². The topological polar surface area (TPSA) is 29.1 Å². The number of Topliss-reactive ketones (excluding diaryl/α,β-unsaturated/α-hetero) is 1. The van der Waals surface area contributed by atoms with Crippen LogP contribution in [-0.4, -0.2) is 18.4 Å². The summed E-state index contributed by atoms with van der Waals surface area (Å²) in [5, 5.41) is 3.32. The predicted molar refractivity (Wildman–Crippen MR) is 67.8 cm³/mol. The molecule has 88 valence electrons. The van der Waals surface area contributed by atoms with E-state index in [0.29, 0.717) is 0 Å². The van der Waals surface area contributed by atoms with Gasteiger partial charge in [-0.25, -0.2) is 0 Å². The van der Waals surface area contributed by atoms with Crippen molar-refractivity contribution in [1.82, 2.24) is 5.32 Å². The third-order valence-electron chi connectivity index (χ3n) is 2.59. The molecule has 0 spiro atoms. The Bertz CT molecular complexity index is 308. The molecule has 1 aromatic rings.